The minimum atomic E-state index is -0.0551. The van der Waals surface area contributed by atoms with E-state index in [1.165, 1.54) is 11.6 Å². The van der Waals surface area contributed by atoms with Crippen LogP contribution in [0.1, 0.15) is 17.3 Å². The third-order valence-electron chi connectivity index (χ3n) is 2.01. The lowest BCUT2D eigenvalue weighted by molar-refractivity contribution is 0.101. The molecule has 0 aliphatic heterocycles. The van der Waals surface area contributed by atoms with Crippen LogP contribution in [0.4, 0.5) is 5.95 Å². The second kappa shape index (κ2) is 3.49. The monoisotopic (exact) mass is 203 g/mol. The quantitative estimate of drug-likeness (QED) is 0.716. The highest BCUT2D eigenvalue weighted by Crippen LogP contribution is 2.15. The lowest BCUT2D eigenvalue weighted by atomic mass is 10.1. The zero-order valence-electron chi connectivity index (χ0n) is 8.08. The maximum atomic E-state index is 11.3. The van der Waals surface area contributed by atoms with Gasteiger partial charge in [0.15, 0.2) is 5.78 Å². The highest BCUT2D eigenvalue weighted by Gasteiger charge is 2.11. The van der Waals surface area contributed by atoms with E-state index in [-0.39, 0.29) is 11.7 Å². The number of hydrogen-bond donors (Lipinski definition) is 1. The van der Waals surface area contributed by atoms with Crippen molar-refractivity contribution >= 4 is 11.7 Å². The van der Waals surface area contributed by atoms with Gasteiger partial charge in [0.2, 0.25) is 5.95 Å². The van der Waals surface area contributed by atoms with Crippen LogP contribution >= 0.6 is 0 Å². The number of aromatic nitrogens is 4. The fourth-order valence-electron chi connectivity index (χ4n) is 1.32. The van der Waals surface area contributed by atoms with Gasteiger partial charge in [-0.1, -0.05) is 17.2 Å². The summed E-state index contributed by atoms with van der Waals surface area (Å²) in [4.78, 5) is 11.3. The van der Waals surface area contributed by atoms with Crippen molar-refractivity contribution in [3.05, 3.63) is 29.8 Å². The molecule has 6 heteroatoms. The van der Waals surface area contributed by atoms with Gasteiger partial charge >= 0.3 is 0 Å². The molecule has 15 heavy (non-hydrogen) atoms. The molecule has 0 aliphatic rings. The summed E-state index contributed by atoms with van der Waals surface area (Å²) >= 11 is 0. The number of anilines is 1. The van der Waals surface area contributed by atoms with Gasteiger partial charge in [-0.25, -0.2) is 0 Å². The number of nitrogens with zero attached hydrogens (tertiary/aromatic N) is 4. The first-order chi connectivity index (χ1) is 7.20. The molecule has 0 aliphatic carbocycles. The van der Waals surface area contributed by atoms with Crippen LogP contribution in [0.25, 0.3) is 5.69 Å². The molecule has 1 aromatic heterocycles. The molecule has 2 N–H and O–H groups in total. The number of carbonyl (C=O) groups is 1. The fourth-order valence-corrected chi connectivity index (χ4v) is 1.32. The van der Waals surface area contributed by atoms with E-state index in [0.29, 0.717) is 11.3 Å². The van der Waals surface area contributed by atoms with E-state index in [2.05, 4.69) is 15.5 Å². The van der Waals surface area contributed by atoms with Crippen LogP contribution < -0.4 is 5.73 Å². The second-order valence-electron chi connectivity index (χ2n) is 3.02. The number of para-hydroxylation sites is 1. The molecule has 0 fully saturated rings. The largest absolute Gasteiger partial charge is 0.366 e. The Kier molecular flexibility index (Phi) is 2.17. The van der Waals surface area contributed by atoms with Gasteiger partial charge in [0.25, 0.3) is 0 Å². The maximum Gasteiger partial charge on any atom is 0.245 e. The Bertz CT molecular complexity index is 505. The summed E-state index contributed by atoms with van der Waals surface area (Å²) in [6, 6.07) is 7.02. The molecule has 2 rings (SSSR count). The molecule has 0 unspecified atom stereocenters. The van der Waals surface area contributed by atoms with Gasteiger partial charge in [-0.2, -0.15) is 4.68 Å². The lowest BCUT2D eigenvalue weighted by Gasteiger charge is -2.05. The Morgan fingerprint density at radius 2 is 2.13 bits per heavy atom. The normalized spacial score (nSPS) is 10.2. The van der Waals surface area contributed by atoms with Gasteiger partial charge in [-0.3, -0.25) is 4.79 Å². The average molecular weight is 203 g/mol. The van der Waals surface area contributed by atoms with E-state index >= 15 is 0 Å². The number of rotatable bonds is 2. The zero-order valence-corrected chi connectivity index (χ0v) is 8.08. The summed E-state index contributed by atoms with van der Waals surface area (Å²) in [6.07, 6.45) is 0. The zero-order chi connectivity index (χ0) is 10.8. The fraction of sp³-hybridized carbons (Fsp3) is 0.111. The molecule has 2 aromatic rings. The van der Waals surface area contributed by atoms with Crippen LogP contribution in [0.15, 0.2) is 24.3 Å². The molecule has 0 saturated carbocycles. The van der Waals surface area contributed by atoms with Crippen molar-refractivity contribution in [2.24, 2.45) is 0 Å². The van der Waals surface area contributed by atoms with Crippen LogP contribution in [0, 0.1) is 0 Å². The Morgan fingerprint density at radius 3 is 2.73 bits per heavy atom. The molecule has 0 saturated heterocycles. The molecular weight excluding hydrogens is 194 g/mol. The van der Waals surface area contributed by atoms with Gasteiger partial charge in [0.05, 0.1) is 5.69 Å². The van der Waals surface area contributed by atoms with Crippen molar-refractivity contribution in [3.63, 3.8) is 0 Å². The molecule has 1 heterocycles. The standard InChI is InChI=1S/C9H9N5O/c1-6(15)7-4-2-3-5-8(7)14-9(10)11-12-13-14/h2-5H,1H3,(H2,10,11,13). The number of ketones is 1. The van der Waals surface area contributed by atoms with Crippen molar-refractivity contribution in [2.75, 3.05) is 5.73 Å². The molecule has 0 atom stereocenters. The van der Waals surface area contributed by atoms with Crippen LogP contribution in [-0.4, -0.2) is 26.0 Å². The predicted octanol–water partition coefficient (Wildman–Crippen LogP) is 0.447. The van der Waals surface area contributed by atoms with E-state index in [1.54, 1.807) is 24.3 Å². The first-order valence-corrected chi connectivity index (χ1v) is 4.34. The Labute approximate surface area is 85.7 Å². The second-order valence-corrected chi connectivity index (χ2v) is 3.02. The molecule has 6 nitrogen and oxygen atoms in total. The number of tetrazole rings is 1. The number of nitrogen functional groups attached to an aromatic ring is 1. The van der Waals surface area contributed by atoms with Gasteiger partial charge in [0, 0.05) is 5.56 Å². The Morgan fingerprint density at radius 1 is 1.40 bits per heavy atom. The molecule has 0 spiro atoms. The topological polar surface area (TPSA) is 86.7 Å². The Hall–Kier alpha value is -2.24. The minimum Gasteiger partial charge on any atom is -0.366 e. The van der Waals surface area contributed by atoms with Crippen molar-refractivity contribution in [3.8, 4) is 5.69 Å². The predicted molar refractivity (Wildman–Crippen MR) is 53.6 cm³/mol. The Balaban J connectivity index is 2.63. The molecule has 0 bridgehead atoms. The number of hydrogen-bond acceptors (Lipinski definition) is 5. The number of nitrogens with two attached hydrogens (primary N) is 1. The smallest absolute Gasteiger partial charge is 0.245 e. The minimum absolute atomic E-state index is 0.0551. The third-order valence-corrected chi connectivity index (χ3v) is 2.01. The van der Waals surface area contributed by atoms with Crippen LogP contribution in [0.3, 0.4) is 0 Å². The molecule has 0 amide bonds. The molecule has 76 valence electrons. The summed E-state index contributed by atoms with van der Waals surface area (Å²) in [6.45, 7) is 1.49. The van der Waals surface area contributed by atoms with Crippen molar-refractivity contribution in [1.82, 2.24) is 20.2 Å². The van der Waals surface area contributed by atoms with E-state index in [4.69, 9.17) is 5.73 Å². The van der Waals surface area contributed by atoms with Gasteiger partial charge in [-0.15, -0.1) is 0 Å². The lowest BCUT2D eigenvalue weighted by Crippen LogP contribution is -2.07. The summed E-state index contributed by atoms with van der Waals surface area (Å²) in [5.41, 5.74) is 6.69. The summed E-state index contributed by atoms with van der Waals surface area (Å²) < 4.78 is 1.33. The number of Topliss-reactive ketones (excluding diaryl/α,β-unsaturated/α-hetero) is 1. The summed E-state index contributed by atoms with van der Waals surface area (Å²) in [5.74, 6) is 0.101. The van der Waals surface area contributed by atoms with E-state index < -0.39 is 0 Å². The van der Waals surface area contributed by atoms with Crippen LogP contribution in [0.2, 0.25) is 0 Å². The highest BCUT2D eigenvalue weighted by molar-refractivity contribution is 5.97. The van der Waals surface area contributed by atoms with E-state index in [1.807, 2.05) is 0 Å². The molecular formula is C9H9N5O. The number of carbonyl (C=O) groups excluding carboxylic acids is 1. The highest BCUT2D eigenvalue weighted by atomic mass is 16.1. The first kappa shape index (κ1) is 9.32. The van der Waals surface area contributed by atoms with Crippen LogP contribution in [0.5, 0.6) is 0 Å². The average Bonchev–Trinajstić information content (AvgIpc) is 2.64. The SMILES string of the molecule is CC(=O)c1ccccc1-n1nnnc1N. The van der Waals surface area contributed by atoms with Crippen LogP contribution in [-0.2, 0) is 0 Å². The van der Waals surface area contributed by atoms with Gasteiger partial charge in [-0.05, 0) is 29.5 Å². The third kappa shape index (κ3) is 1.56. The molecule has 1 aromatic carbocycles. The first-order valence-electron chi connectivity index (χ1n) is 4.34. The molecule has 0 radical (unpaired) electrons. The van der Waals surface area contributed by atoms with Crippen molar-refractivity contribution in [2.45, 2.75) is 6.92 Å². The summed E-state index contributed by atoms with van der Waals surface area (Å²) in [7, 11) is 0. The maximum absolute atomic E-state index is 11.3. The van der Waals surface area contributed by atoms with E-state index in [0.717, 1.165) is 0 Å². The number of benzene rings is 1. The van der Waals surface area contributed by atoms with Gasteiger partial charge < -0.3 is 5.73 Å². The van der Waals surface area contributed by atoms with Crippen molar-refractivity contribution < 1.29 is 4.79 Å². The van der Waals surface area contributed by atoms with Crippen molar-refractivity contribution in [1.29, 1.82) is 0 Å². The van der Waals surface area contributed by atoms with Gasteiger partial charge in [0.1, 0.15) is 0 Å². The summed E-state index contributed by atoms with van der Waals surface area (Å²) in [5, 5.41) is 10.7. The van der Waals surface area contributed by atoms with E-state index in [9.17, 15) is 4.79 Å².